The van der Waals surface area contributed by atoms with Crippen LogP contribution in [0.5, 0.6) is 11.5 Å². The number of carbonyl (C=O) groups excluding carboxylic acids is 1. The molecule has 1 heterocycles. The van der Waals surface area contributed by atoms with Gasteiger partial charge in [-0.2, -0.15) is 0 Å². The third-order valence-electron chi connectivity index (χ3n) is 5.15. The number of hydrogen-bond acceptors (Lipinski definition) is 4. The third kappa shape index (κ3) is 4.54. The van der Waals surface area contributed by atoms with Crippen molar-refractivity contribution in [3.05, 3.63) is 35.9 Å². The fraction of sp³-hybridized carbons (Fsp3) is 0.550. The van der Waals surface area contributed by atoms with Crippen molar-refractivity contribution in [2.45, 2.75) is 19.3 Å². The lowest BCUT2D eigenvalue weighted by Crippen LogP contribution is -2.49. The highest BCUT2D eigenvalue weighted by Gasteiger charge is 2.24. The second kappa shape index (κ2) is 8.39. The molecule has 5 nitrogen and oxygen atoms in total. The Morgan fingerprint density at radius 2 is 1.72 bits per heavy atom. The predicted octanol–water partition coefficient (Wildman–Crippen LogP) is 2.82. The molecule has 0 N–H and O–H groups in total. The normalized spacial score (nSPS) is 21.2. The molecule has 2 aliphatic rings. The van der Waals surface area contributed by atoms with Crippen molar-refractivity contribution >= 4 is 5.91 Å². The lowest BCUT2D eigenvalue weighted by atomic mass is 9.94. The van der Waals surface area contributed by atoms with Crippen LogP contribution in [0.1, 0.15) is 29.6 Å². The van der Waals surface area contributed by atoms with Crippen molar-refractivity contribution in [3.8, 4) is 11.5 Å². The highest BCUT2D eigenvalue weighted by molar-refractivity contribution is 5.95. The summed E-state index contributed by atoms with van der Waals surface area (Å²) in [5.74, 6) is 2.12. The molecule has 1 atom stereocenters. The van der Waals surface area contributed by atoms with Gasteiger partial charge < -0.3 is 14.4 Å². The average Bonchev–Trinajstić information content (AvgIpc) is 2.68. The number of methoxy groups -OCH3 is 2. The zero-order valence-electron chi connectivity index (χ0n) is 15.2. The lowest BCUT2D eigenvalue weighted by Gasteiger charge is -2.36. The van der Waals surface area contributed by atoms with Gasteiger partial charge in [-0.15, -0.1) is 0 Å². The fourth-order valence-electron chi connectivity index (χ4n) is 3.63. The molecule has 1 saturated heterocycles. The molecule has 25 heavy (non-hydrogen) atoms. The molecule has 0 spiro atoms. The van der Waals surface area contributed by atoms with E-state index in [0.717, 1.165) is 38.6 Å². The Kier molecular flexibility index (Phi) is 5.97. The quantitative estimate of drug-likeness (QED) is 0.771. The molecule has 1 amide bonds. The van der Waals surface area contributed by atoms with Crippen LogP contribution in [0, 0.1) is 5.92 Å². The summed E-state index contributed by atoms with van der Waals surface area (Å²) in [6, 6.07) is 5.35. The second-order valence-electron chi connectivity index (χ2n) is 6.84. The number of rotatable bonds is 5. The van der Waals surface area contributed by atoms with E-state index in [-0.39, 0.29) is 5.91 Å². The van der Waals surface area contributed by atoms with Gasteiger partial charge in [-0.05, 0) is 37.3 Å². The van der Waals surface area contributed by atoms with Crippen LogP contribution < -0.4 is 9.47 Å². The van der Waals surface area contributed by atoms with Crippen molar-refractivity contribution in [1.82, 2.24) is 9.80 Å². The first-order valence-electron chi connectivity index (χ1n) is 9.09. The molecule has 5 heteroatoms. The summed E-state index contributed by atoms with van der Waals surface area (Å²) >= 11 is 0. The molecule has 0 radical (unpaired) electrons. The van der Waals surface area contributed by atoms with E-state index in [0.29, 0.717) is 17.1 Å². The standard InChI is InChI=1S/C20H28N2O3/c1-24-18-12-17(13-19(14-18)25-2)20(23)22-10-8-21(9-11-22)15-16-6-4-3-5-7-16/h3-4,12-14,16H,5-11,15H2,1-2H3/t16-/m0/s1. The van der Waals surface area contributed by atoms with E-state index in [1.165, 1.54) is 19.3 Å². The molecule has 1 aromatic rings. The largest absolute Gasteiger partial charge is 0.497 e. The first-order chi connectivity index (χ1) is 12.2. The molecule has 1 aliphatic carbocycles. The molecule has 1 fully saturated rings. The van der Waals surface area contributed by atoms with E-state index in [4.69, 9.17) is 9.47 Å². The van der Waals surface area contributed by atoms with E-state index in [9.17, 15) is 4.79 Å². The molecule has 0 aromatic heterocycles. The molecule has 0 bridgehead atoms. The van der Waals surface area contributed by atoms with Gasteiger partial charge in [0.1, 0.15) is 11.5 Å². The predicted molar refractivity (Wildman–Crippen MR) is 98.4 cm³/mol. The van der Waals surface area contributed by atoms with Gasteiger partial charge in [0.25, 0.3) is 5.91 Å². The maximum Gasteiger partial charge on any atom is 0.254 e. The smallest absolute Gasteiger partial charge is 0.254 e. The third-order valence-corrected chi connectivity index (χ3v) is 5.15. The zero-order valence-corrected chi connectivity index (χ0v) is 15.2. The molecule has 136 valence electrons. The Morgan fingerprint density at radius 3 is 2.28 bits per heavy atom. The number of hydrogen-bond donors (Lipinski definition) is 0. The van der Waals surface area contributed by atoms with Crippen molar-refractivity contribution in [1.29, 1.82) is 0 Å². The summed E-state index contributed by atoms with van der Waals surface area (Å²) in [5, 5.41) is 0. The van der Waals surface area contributed by atoms with Crippen molar-refractivity contribution in [3.63, 3.8) is 0 Å². The van der Waals surface area contributed by atoms with Gasteiger partial charge in [0.05, 0.1) is 14.2 Å². The summed E-state index contributed by atoms with van der Waals surface area (Å²) in [6.45, 7) is 4.61. The average molecular weight is 344 g/mol. The Bertz CT molecular complexity index is 599. The van der Waals surface area contributed by atoms with Crippen LogP contribution in [0.2, 0.25) is 0 Å². The van der Waals surface area contributed by atoms with Crippen LogP contribution in [0.4, 0.5) is 0 Å². The minimum Gasteiger partial charge on any atom is -0.497 e. The van der Waals surface area contributed by atoms with E-state index in [2.05, 4.69) is 17.1 Å². The molecular formula is C20H28N2O3. The monoisotopic (exact) mass is 344 g/mol. The van der Waals surface area contributed by atoms with Crippen LogP contribution in [0.15, 0.2) is 30.4 Å². The zero-order chi connectivity index (χ0) is 17.6. The summed E-state index contributed by atoms with van der Waals surface area (Å²) in [6.07, 6.45) is 8.29. The van der Waals surface area contributed by atoms with Gasteiger partial charge >= 0.3 is 0 Å². The Morgan fingerprint density at radius 1 is 1.04 bits per heavy atom. The Labute approximate surface area is 150 Å². The number of allylic oxidation sites excluding steroid dienone is 2. The topological polar surface area (TPSA) is 42.0 Å². The molecule has 3 rings (SSSR count). The Hall–Kier alpha value is -2.01. The summed E-state index contributed by atoms with van der Waals surface area (Å²) < 4.78 is 10.5. The van der Waals surface area contributed by atoms with Crippen molar-refractivity contribution in [2.75, 3.05) is 46.9 Å². The highest BCUT2D eigenvalue weighted by Crippen LogP contribution is 2.24. The first-order valence-corrected chi connectivity index (χ1v) is 9.09. The van der Waals surface area contributed by atoms with Crippen molar-refractivity contribution in [2.24, 2.45) is 5.92 Å². The maximum atomic E-state index is 12.8. The number of nitrogens with zero attached hydrogens (tertiary/aromatic N) is 2. The van der Waals surface area contributed by atoms with Crippen LogP contribution in [-0.2, 0) is 0 Å². The summed E-state index contributed by atoms with van der Waals surface area (Å²) in [7, 11) is 3.20. The van der Waals surface area contributed by atoms with Gasteiger partial charge in [0.15, 0.2) is 0 Å². The van der Waals surface area contributed by atoms with Crippen LogP contribution in [0.25, 0.3) is 0 Å². The summed E-state index contributed by atoms with van der Waals surface area (Å²) in [5.41, 5.74) is 0.627. The van der Waals surface area contributed by atoms with Gasteiger partial charge in [-0.25, -0.2) is 0 Å². The van der Waals surface area contributed by atoms with Gasteiger partial charge in [-0.1, -0.05) is 12.2 Å². The second-order valence-corrected chi connectivity index (χ2v) is 6.84. The van der Waals surface area contributed by atoms with E-state index >= 15 is 0 Å². The minimum atomic E-state index is 0.0532. The van der Waals surface area contributed by atoms with Crippen molar-refractivity contribution < 1.29 is 14.3 Å². The molecule has 1 aromatic carbocycles. The fourth-order valence-corrected chi connectivity index (χ4v) is 3.63. The number of amides is 1. The van der Waals surface area contributed by atoms with Crippen LogP contribution >= 0.6 is 0 Å². The van der Waals surface area contributed by atoms with E-state index in [1.54, 1.807) is 32.4 Å². The number of carbonyl (C=O) groups is 1. The maximum absolute atomic E-state index is 12.8. The SMILES string of the molecule is COc1cc(OC)cc(C(=O)N2CCN(C[C@H]3CC=CCC3)CC2)c1. The highest BCUT2D eigenvalue weighted by atomic mass is 16.5. The first kappa shape index (κ1) is 17.8. The molecule has 0 unspecified atom stereocenters. The number of ether oxygens (including phenoxy) is 2. The minimum absolute atomic E-state index is 0.0532. The van der Waals surface area contributed by atoms with Gasteiger partial charge in [-0.3, -0.25) is 9.69 Å². The molecule has 0 saturated carbocycles. The van der Waals surface area contributed by atoms with Gasteiger partial charge in [0, 0.05) is 44.4 Å². The number of benzene rings is 1. The Balaban J connectivity index is 1.57. The summed E-state index contributed by atoms with van der Waals surface area (Å²) in [4.78, 5) is 17.3. The van der Waals surface area contributed by atoms with E-state index < -0.39 is 0 Å². The molecule has 1 aliphatic heterocycles. The molecular weight excluding hydrogens is 316 g/mol. The lowest BCUT2D eigenvalue weighted by molar-refractivity contribution is 0.0613. The van der Waals surface area contributed by atoms with Crippen LogP contribution in [-0.4, -0.2) is 62.7 Å². The van der Waals surface area contributed by atoms with E-state index in [1.807, 2.05) is 4.90 Å². The van der Waals surface area contributed by atoms with Crippen LogP contribution in [0.3, 0.4) is 0 Å². The van der Waals surface area contributed by atoms with Gasteiger partial charge in [0.2, 0.25) is 0 Å². The number of piperazine rings is 1.